The average Bonchev–Trinajstić information content (AvgIpc) is 2.35. The van der Waals surface area contributed by atoms with Crippen molar-refractivity contribution in [1.82, 2.24) is 5.32 Å². The maximum Gasteiger partial charge on any atom is 0.370 e. The van der Waals surface area contributed by atoms with Crippen LogP contribution < -0.4 is 5.32 Å². The summed E-state index contributed by atoms with van der Waals surface area (Å²) < 4.78 is 9.22. The van der Waals surface area contributed by atoms with Crippen LogP contribution in [-0.4, -0.2) is 46.8 Å². The zero-order valence-electron chi connectivity index (χ0n) is 11.4. The number of carboxylic acids is 1. The van der Waals surface area contributed by atoms with Crippen LogP contribution in [0.15, 0.2) is 0 Å². The fraction of sp³-hybridized carbons (Fsp3) is 0.636. The minimum Gasteiger partial charge on any atom is -0.480 e. The molecule has 0 aromatic heterocycles. The minimum atomic E-state index is -1.18. The van der Waals surface area contributed by atoms with Crippen molar-refractivity contribution in [2.24, 2.45) is 5.92 Å². The molecule has 114 valence electrons. The molecule has 0 saturated heterocycles. The van der Waals surface area contributed by atoms with E-state index in [0.717, 1.165) is 0 Å². The number of rotatable bonds is 7. The van der Waals surface area contributed by atoms with Gasteiger partial charge in [0.25, 0.3) is 0 Å². The molecule has 0 aliphatic rings. The fourth-order valence-corrected chi connectivity index (χ4v) is 1.44. The summed E-state index contributed by atoms with van der Waals surface area (Å²) in [5.74, 6) is -2.62. The van der Waals surface area contributed by atoms with Gasteiger partial charge in [-0.2, -0.15) is 0 Å². The first-order valence-corrected chi connectivity index (χ1v) is 6.61. The Labute approximate surface area is 120 Å². The van der Waals surface area contributed by atoms with Gasteiger partial charge in [-0.05, 0) is 18.7 Å². The third kappa shape index (κ3) is 8.35. The largest absolute Gasteiger partial charge is 0.480 e. The van der Waals surface area contributed by atoms with Gasteiger partial charge >= 0.3 is 17.2 Å². The number of hydrogen-bond donors (Lipinski definition) is 2. The number of ether oxygens (including phenoxy) is 2. The van der Waals surface area contributed by atoms with Gasteiger partial charge in [-0.3, -0.25) is 14.4 Å². The lowest BCUT2D eigenvalue weighted by molar-refractivity contribution is -0.155. The quantitative estimate of drug-likeness (QED) is 0.518. The Morgan fingerprint density at radius 1 is 1.15 bits per heavy atom. The van der Waals surface area contributed by atoms with Crippen LogP contribution in [0.5, 0.6) is 0 Å². The first-order chi connectivity index (χ1) is 9.23. The van der Waals surface area contributed by atoms with Crippen molar-refractivity contribution in [2.75, 3.05) is 13.3 Å². The summed E-state index contributed by atoms with van der Waals surface area (Å²) in [6, 6.07) is 0. The molecule has 20 heavy (non-hydrogen) atoms. The molecule has 0 radical (unpaired) electrons. The number of nitrogens with one attached hydrogen (secondary N) is 1. The molecule has 0 heterocycles. The van der Waals surface area contributed by atoms with Gasteiger partial charge in [0.05, 0.1) is 11.2 Å². The molecule has 0 aliphatic carbocycles. The van der Waals surface area contributed by atoms with Crippen molar-refractivity contribution in [2.45, 2.75) is 26.0 Å². The van der Waals surface area contributed by atoms with Crippen LogP contribution in [0.3, 0.4) is 0 Å². The Hall–Kier alpha value is -1.77. The zero-order valence-corrected chi connectivity index (χ0v) is 12.2. The van der Waals surface area contributed by atoms with Gasteiger partial charge in [-0.25, -0.2) is 4.79 Å². The van der Waals surface area contributed by atoms with Crippen LogP contribution in [0.2, 0.25) is 0 Å². The van der Waals surface area contributed by atoms with E-state index >= 15 is 0 Å². The van der Waals surface area contributed by atoms with Gasteiger partial charge in [0, 0.05) is 0 Å². The van der Waals surface area contributed by atoms with Gasteiger partial charge in [0.2, 0.25) is 12.7 Å². The van der Waals surface area contributed by atoms with E-state index in [0.29, 0.717) is 11.8 Å². The topological polar surface area (TPSA) is 119 Å². The molecule has 0 rings (SSSR count). The van der Waals surface area contributed by atoms with Crippen molar-refractivity contribution in [3.8, 4) is 0 Å². The number of hydrogen-bond acceptors (Lipinski definition) is 7. The van der Waals surface area contributed by atoms with E-state index in [9.17, 15) is 19.2 Å². The van der Waals surface area contributed by atoms with Gasteiger partial charge in [-0.1, -0.05) is 13.8 Å². The zero-order chi connectivity index (χ0) is 15.7. The number of thioether (sulfide) groups is 1. The molecule has 0 bridgehead atoms. The van der Waals surface area contributed by atoms with Crippen molar-refractivity contribution >= 4 is 34.9 Å². The van der Waals surface area contributed by atoms with E-state index in [2.05, 4.69) is 14.8 Å². The summed E-state index contributed by atoms with van der Waals surface area (Å²) in [4.78, 5) is 44.0. The van der Waals surface area contributed by atoms with E-state index in [1.165, 1.54) is 6.92 Å². The molecule has 0 aliphatic heterocycles. The number of carbonyl (C=O) groups excluding carboxylic acids is 3. The summed E-state index contributed by atoms with van der Waals surface area (Å²) in [5, 5.41) is 8.89. The molecule has 0 aromatic carbocycles. The molecule has 1 atom stereocenters. The molecule has 0 fully saturated rings. The molecule has 1 unspecified atom stereocenters. The Balaban J connectivity index is 3.93. The molecule has 8 nitrogen and oxygen atoms in total. The number of carboxylic acid groups (broad SMARTS) is 1. The van der Waals surface area contributed by atoms with Gasteiger partial charge in [0.15, 0.2) is 0 Å². The minimum absolute atomic E-state index is 0.331. The van der Waals surface area contributed by atoms with Crippen LogP contribution >= 0.6 is 11.8 Å². The summed E-state index contributed by atoms with van der Waals surface area (Å²) in [6.45, 7) is 3.64. The monoisotopic (exact) mass is 307 g/mol. The lowest BCUT2D eigenvalue weighted by atomic mass is 10.2. The highest BCUT2D eigenvalue weighted by Gasteiger charge is 2.19. The number of aliphatic carboxylic acids is 1. The summed E-state index contributed by atoms with van der Waals surface area (Å²) in [7, 11) is 0. The molecule has 2 N–H and O–H groups in total. The molecular weight excluding hydrogens is 290 g/mol. The first-order valence-electron chi connectivity index (χ1n) is 5.73. The summed E-state index contributed by atoms with van der Waals surface area (Å²) >= 11 is 0.562. The SMILES string of the molecule is CC(C)C(=O)OCOC(=O)SC(C)C(=O)NCC(=O)O. The summed E-state index contributed by atoms with van der Waals surface area (Å²) in [6.07, 6.45) is 0. The third-order valence-corrected chi connectivity index (χ3v) is 2.78. The van der Waals surface area contributed by atoms with Crippen molar-refractivity contribution in [3.05, 3.63) is 0 Å². The Morgan fingerprint density at radius 2 is 1.75 bits per heavy atom. The number of carbonyl (C=O) groups is 4. The predicted octanol–water partition coefficient (Wildman–Crippen LogP) is 0.602. The van der Waals surface area contributed by atoms with E-state index in [1.54, 1.807) is 13.8 Å². The molecule has 1 amide bonds. The lowest BCUT2D eigenvalue weighted by Gasteiger charge is -2.11. The van der Waals surface area contributed by atoms with Gasteiger partial charge in [-0.15, -0.1) is 0 Å². The number of esters is 1. The highest BCUT2D eigenvalue weighted by atomic mass is 32.2. The highest BCUT2D eigenvalue weighted by Crippen LogP contribution is 2.13. The number of amides is 1. The van der Waals surface area contributed by atoms with E-state index in [4.69, 9.17) is 5.11 Å². The second-order valence-electron chi connectivity index (χ2n) is 4.00. The molecule has 9 heteroatoms. The van der Waals surface area contributed by atoms with Crippen LogP contribution in [0.4, 0.5) is 4.79 Å². The molecular formula is C11H17NO7S. The molecule has 0 spiro atoms. The summed E-state index contributed by atoms with van der Waals surface area (Å²) in [5.41, 5.74) is 0. The van der Waals surface area contributed by atoms with Crippen molar-refractivity contribution < 1.29 is 33.8 Å². The van der Waals surface area contributed by atoms with Gasteiger partial charge in [0.1, 0.15) is 6.54 Å². The predicted molar refractivity (Wildman–Crippen MR) is 70.0 cm³/mol. The normalized spacial score (nSPS) is 11.6. The van der Waals surface area contributed by atoms with E-state index in [1.807, 2.05) is 0 Å². The van der Waals surface area contributed by atoms with E-state index < -0.39 is 41.7 Å². The Bertz CT molecular complexity index is 383. The van der Waals surface area contributed by atoms with Crippen molar-refractivity contribution in [3.63, 3.8) is 0 Å². The molecule has 0 saturated carbocycles. The second-order valence-corrected chi connectivity index (χ2v) is 5.28. The fourth-order valence-electron chi connectivity index (χ4n) is 0.841. The van der Waals surface area contributed by atoms with Crippen LogP contribution in [0.1, 0.15) is 20.8 Å². The van der Waals surface area contributed by atoms with E-state index in [-0.39, 0.29) is 5.92 Å². The standard InChI is InChI=1S/C11H17NO7S/c1-6(2)10(16)18-5-19-11(17)20-7(3)9(15)12-4-8(13)14/h6-7H,4-5H2,1-3H3,(H,12,15)(H,13,14). The van der Waals surface area contributed by atoms with Crippen LogP contribution in [-0.2, 0) is 23.9 Å². The Morgan fingerprint density at radius 3 is 2.25 bits per heavy atom. The maximum atomic E-state index is 11.4. The average molecular weight is 307 g/mol. The third-order valence-electron chi connectivity index (χ3n) is 1.91. The smallest absolute Gasteiger partial charge is 0.370 e. The van der Waals surface area contributed by atoms with Gasteiger partial charge < -0.3 is 19.9 Å². The second kappa shape index (κ2) is 9.18. The maximum absolute atomic E-state index is 11.4. The first kappa shape index (κ1) is 18.2. The van der Waals surface area contributed by atoms with Crippen molar-refractivity contribution in [1.29, 1.82) is 0 Å². The molecule has 0 aromatic rings. The lowest BCUT2D eigenvalue weighted by Crippen LogP contribution is -2.35. The van der Waals surface area contributed by atoms with Crippen LogP contribution in [0, 0.1) is 5.92 Å². The van der Waals surface area contributed by atoms with Crippen LogP contribution in [0.25, 0.3) is 0 Å². The Kier molecular flexibility index (Phi) is 8.37. The highest BCUT2D eigenvalue weighted by molar-refractivity contribution is 8.14.